The number of halogens is 3. The molecule has 0 radical (unpaired) electrons. The summed E-state index contributed by atoms with van der Waals surface area (Å²) < 4.78 is 44.7. The Balaban J connectivity index is 1.98. The van der Waals surface area contributed by atoms with E-state index in [1.54, 1.807) is 0 Å². The van der Waals surface area contributed by atoms with Gasteiger partial charge in [0.05, 0.1) is 12.7 Å². The lowest BCUT2D eigenvalue weighted by atomic mass is 10.2. The summed E-state index contributed by atoms with van der Waals surface area (Å²) in [6.45, 7) is -0.614. The van der Waals surface area contributed by atoms with E-state index in [1.165, 1.54) is 0 Å². The summed E-state index contributed by atoms with van der Waals surface area (Å²) in [5.41, 5.74) is 0. The quantitative estimate of drug-likeness (QED) is 0.670. The van der Waals surface area contributed by atoms with Crippen LogP contribution in [0, 0.1) is 0 Å². The number of carboxylic acids is 1. The summed E-state index contributed by atoms with van der Waals surface area (Å²) in [5, 5.41) is 11.5. The first-order valence-corrected chi connectivity index (χ1v) is 5.62. The van der Waals surface area contributed by atoms with E-state index < -0.39 is 24.9 Å². The number of hydrogen-bond acceptors (Lipinski definition) is 4. The normalized spacial score (nSPS) is 24.4. The maximum atomic E-state index is 11.7. The number of hydrogen-bond donors (Lipinski definition) is 2. The minimum Gasteiger partial charge on any atom is -0.479 e. The second-order valence-corrected chi connectivity index (χ2v) is 4.03. The van der Waals surface area contributed by atoms with Crippen LogP contribution in [0.5, 0.6) is 0 Å². The van der Waals surface area contributed by atoms with Gasteiger partial charge in [0, 0.05) is 13.1 Å². The van der Waals surface area contributed by atoms with Crippen LogP contribution in [0.25, 0.3) is 0 Å². The standard InChI is InChI=1S/C10H16F3NO4/c11-10(12,13)6-17-4-3-14-5-7-1-2-8(18-7)9(15)16/h7-8,14H,1-6H2,(H,15,16). The van der Waals surface area contributed by atoms with E-state index in [1.807, 2.05) is 0 Å². The molecule has 5 nitrogen and oxygen atoms in total. The van der Waals surface area contributed by atoms with Gasteiger partial charge in [-0.05, 0) is 12.8 Å². The zero-order valence-corrected chi connectivity index (χ0v) is 9.70. The summed E-state index contributed by atoms with van der Waals surface area (Å²) in [6, 6.07) is 0. The molecule has 0 aromatic carbocycles. The third-order valence-electron chi connectivity index (χ3n) is 2.44. The molecule has 0 aromatic rings. The molecule has 1 aliphatic heterocycles. The molecule has 0 saturated carbocycles. The van der Waals surface area contributed by atoms with Gasteiger partial charge in [-0.2, -0.15) is 13.2 Å². The van der Waals surface area contributed by atoms with E-state index in [2.05, 4.69) is 10.1 Å². The second-order valence-electron chi connectivity index (χ2n) is 4.03. The molecule has 0 aromatic heterocycles. The highest BCUT2D eigenvalue weighted by Gasteiger charge is 2.30. The highest BCUT2D eigenvalue weighted by atomic mass is 19.4. The molecule has 1 fully saturated rings. The van der Waals surface area contributed by atoms with Crippen molar-refractivity contribution in [1.29, 1.82) is 0 Å². The summed E-state index contributed by atoms with van der Waals surface area (Å²) in [5.74, 6) is -0.981. The van der Waals surface area contributed by atoms with Crippen molar-refractivity contribution in [3.05, 3.63) is 0 Å². The lowest BCUT2D eigenvalue weighted by Crippen LogP contribution is -2.31. The Morgan fingerprint density at radius 3 is 2.72 bits per heavy atom. The molecule has 2 atom stereocenters. The van der Waals surface area contributed by atoms with Gasteiger partial charge in [-0.1, -0.05) is 0 Å². The smallest absolute Gasteiger partial charge is 0.411 e. The molecule has 0 amide bonds. The van der Waals surface area contributed by atoms with Crippen LogP contribution in [-0.4, -0.2) is 55.8 Å². The van der Waals surface area contributed by atoms with Crippen LogP contribution in [0.2, 0.25) is 0 Å². The van der Waals surface area contributed by atoms with Crippen LogP contribution in [0.3, 0.4) is 0 Å². The fourth-order valence-electron chi connectivity index (χ4n) is 1.63. The molecule has 2 N–H and O–H groups in total. The van der Waals surface area contributed by atoms with Crippen LogP contribution in [-0.2, 0) is 14.3 Å². The van der Waals surface area contributed by atoms with Crippen LogP contribution in [0.4, 0.5) is 13.2 Å². The maximum absolute atomic E-state index is 11.7. The van der Waals surface area contributed by atoms with Crippen molar-refractivity contribution < 1.29 is 32.5 Å². The van der Waals surface area contributed by atoms with Gasteiger partial charge in [0.1, 0.15) is 6.61 Å². The Labute approximate surface area is 102 Å². The van der Waals surface area contributed by atoms with Crippen LogP contribution in [0.15, 0.2) is 0 Å². The van der Waals surface area contributed by atoms with Gasteiger partial charge in [-0.15, -0.1) is 0 Å². The predicted molar refractivity (Wildman–Crippen MR) is 55.3 cm³/mol. The fraction of sp³-hybridized carbons (Fsp3) is 0.900. The minimum atomic E-state index is -4.30. The monoisotopic (exact) mass is 271 g/mol. The number of ether oxygens (including phenoxy) is 2. The average Bonchev–Trinajstić information content (AvgIpc) is 2.70. The molecule has 8 heteroatoms. The zero-order chi connectivity index (χ0) is 13.6. The van der Waals surface area contributed by atoms with Crippen molar-refractivity contribution in [2.24, 2.45) is 0 Å². The summed E-state index contributed by atoms with van der Waals surface area (Å²) >= 11 is 0. The lowest BCUT2D eigenvalue weighted by Gasteiger charge is -2.12. The van der Waals surface area contributed by atoms with Crippen LogP contribution in [0.1, 0.15) is 12.8 Å². The number of aliphatic carboxylic acids is 1. The van der Waals surface area contributed by atoms with Gasteiger partial charge >= 0.3 is 12.1 Å². The molecule has 0 spiro atoms. The van der Waals surface area contributed by atoms with Crippen molar-refractivity contribution in [3.8, 4) is 0 Å². The molecule has 1 rings (SSSR count). The topological polar surface area (TPSA) is 67.8 Å². The number of nitrogens with one attached hydrogen (secondary N) is 1. The summed E-state index contributed by atoms with van der Waals surface area (Å²) in [6.07, 6.45) is -4.17. The maximum Gasteiger partial charge on any atom is 0.411 e. The molecule has 0 bridgehead atoms. The molecule has 0 aliphatic carbocycles. The van der Waals surface area contributed by atoms with E-state index >= 15 is 0 Å². The van der Waals surface area contributed by atoms with Crippen molar-refractivity contribution in [1.82, 2.24) is 5.32 Å². The third-order valence-corrected chi connectivity index (χ3v) is 2.44. The molecule has 1 aliphatic rings. The van der Waals surface area contributed by atoms with Gasteiger partial charge in [-0.25, -0.2) is 4.79 Å². The Morgan fingerprint density at radius 2 is 2.17 bits per heavy atom. The third kappa shape index (κ3) is 6.18. The molecule has 1 heterocycles. The molecule has 106 valence electrons. The zero-order valence-electron chi connectivity index (χ0n) is 9.70. The van der Waals surface area contributed by atoms with Gasteiger partial charge in [0.2, 0.25) is 0 Å². The van der Waals surface area contributed by atoms with Crippen molar-refractivity contribution in [2.45, 2.75) is 31.2 Å². The van der Waals surface area contributed by atoms with Crippen molar-refractivity contribution >= 4 is 5.97 Å². The van der Waals surface area contributed by atoms with E-state index in [9.17, 15) is 18.0 Å². The second kappa shape index (κ2) is 6.91. The Bertz CT molecular complexity index is 272. The fourth-order valence-corrected chi connectivity index (χ4v) is 1.63. The molecular formula is C10H16F3NO4. The first kappa shape index (κ1) is 15.2. The van der Waals surface area contributed by atoms with Crippen molar-refractivity contribution in [2.75, 3.05) is 26.3 Å². The number of rotatable bonds is 7. The first-order valence-electron chi connectivity index (χ1n) is 5.62. The Kier molecular flexibility index (Phi) is 5.83. The van der Waals surface area contributed by atoms with E-state index in [0.717, 1.165) is 0 Å². The van der Waals surface area contributed by atoms with Gasteiger partial charge in [0.25, 0.3) is 0 Å². The minimum absolute atomic E-state index is 0.0470. The number of carboxylic acid groups (broad SMARTS) is 1. The Morgan fingerprint density at radius 1 is 1.44 bits per heavy atom. The number of alkyl halides is 3. The lowest BCUT2D eigenvalue weighted by molar-refractivity contribution is -0.173. The highest BCUT2D eigenvalue weighted by molar-refractivity contribution is 5.72. The van der Waals surface area contributed by atoms with Crippen LogP contribution < -0.4 is 5.32 Å². The van der Waals surface area contributed by atoms with E-state index in [0.29, 0.717) is 19.4 Å². The van der Waals surface area contributed by atoms with Gasteiger partial charge in [-0.3, -0.25) is 0 Å². The average molecular weight is 271 g/mol. The highest BCUT2D eigenvalue weighted by Crippen LogP contribution is 2.19. The molecule has 1 saturated heterocycles. The van der Waals surface area contributed by atoms with Crippen molar-refractivity contribution in [3.63, 3.8) is 0 Å². The molecular weight excluding hydrogens is 255 g/mol. The van der Waals surface area contributed by atoms with Gasteiger partial charge in [0.15, 0.2) is 6.10 Å². The largest absolute Gasteiger partial charge is 0.479 e. The van der Waals surface area contributed by atoms with E-state index in [4.69, 9.17) is 9.84 Å². The number of carbonyl (C=O) groups is 1. The summed E-state index contributed by atoms with van der Waals surface area (Å²) in [7, 11) is 0. The molecule has 2 unspecified atom stereocenters. The molecule has 18 heavy (non-hydrogen) atoms. The first-order chi connectivity index (χ1) is 8.38. The predicted octanol–water partition coefficient (Wildman–Crippen LogP) is 0.787. The SMILES string of the molecule is O=C(O)C1CCC(CNCCOCC(F)(F)F)O1. The van der Waals surface area contributed by atoms with E-state index in [-0.39, 0.29) is 19.3 Å². The van der Waals surface area contributed by atoms with Crippen LogP contribution >= 0.6 is 0 Å². The Hall–Kier alpha value is -0.860. The summed E-state index contributed by atoms with van der Waals surface area (Å²) in [4.78, 5) is 10.6. The van der Waals surface area contributed by atoms with Gasteiger partial charge < -0.3 is 19.9 Å².